The van der Waals surface area contributed by atoms with Gasteiger partial charge in [0.25, 0.3) is 5.91 Å². The first-order valence-corrected chi connectivity index (χ1v) is 14.0. The molecular weight excluding hydrogens is 498 g/mol. The van der Waals surface area contributed by atoms with Crippen molar-refractivity contribution in [1.29, 1.82) is 0 Å². The number of piperidine rings is 1. The summed E-state index contributed by atoms with van der Waals surface area (Å²) >= 11 is 0. The van der Waals surface area contributed by atoms with Crippen molar-refractivity contribution in [2.24, 2.45) is 5.92 Å². The number of carbonyl (C=O) groups is 2. The molecule has 2 aliphatic heterocycles. The monoisotopic (exact) mass is 531 g/mol. The van der Waals surface area contributed by atoms with Gasteiger partial charge < -0.3 is 10.2 Å². The predicted octanol–water partition coefficient (Wildman–Crippen LogP) is 4.30. The van der Waals surface area contributed by atoms with E-state index in [0.29, 0.717) is 17.3 Å². The van der Waals surface area contributed by atoms with Crippen molar-refractivity contribution in [3.05, 3.63) is 89.6 Å². The maximum Gasteiger partial charge on any atom is 0.253 e. The SMILES string of the molecule is CNC(=O)C1CCN(C2CCN(C(=O)c3ccc4n[nH]c(C#Cc5ccccc5-c5ccccc5)c4c3)C2)CC1. The number of H-pyrrole nitrogens is 1. The number of nitrogens with one attached hydrogen (secondary N) is 2. The standard InChI is InChI=1S/C33H33N5O2/c1-34-32(39)25-15-18-37(19-16-25)27-17-20-38(22-27)33(40)26-12-14-31-29(21-26)30(35-36-31)13-11-24-9-5-6-10-28(24)23-7-3-2-4-8-23/h2-10,12,14,21,25,27H,15-20,22H2,1H3,(H,34,39)(H,35,36). The molecule has 3 aromatic carbocycles. The molecule has 4 aromatic rings. The number of likely N-dealkylation sites (tertiary alicyclic amines) is 2. The molecular formula is C33H33N5O2. The average molecular weight is 532 g/mol. The molecule has 0 saturated carbocycles. The third-order valence-electron chi connectivity index (χ3n) is 8.25. The van der Waals surface area contributed by atoms with E-state index in [-0.39, 0.29) is 17.7 Å². The molecule has 2 fully saturated rings. The Bertz CT molecular complexity index is 1590. The van der Waals surface area contributed by atoms with Crippen LogP contribution >= 0.6 is 0 Å². The van der Waals surface area contributed by atoms with Crippen LogP contribution in [-0.2, 0) is 4.79 Å². The molecule has 0 bridgehead atoms. The van der Waals surface area contributed by atoms with Gasteiger partial charge in [-0.05, 0) is 73.7 Å². The number of hydrogen-bond acceptors (Lipinski definition) is 4. The van der Waals surface area contributed by atoms with E-state index in [2.05, 4.69) is 50.5 Å². The Labute approximate surface area is 234 Å². The molecule has 3 heterocycles. The minimum Gasteiger partial charge on any atom is -0.359 e. The summed E-state index contributed by atoms with van der Waals surface area (Å²) in [5.74, 6) is 6.87. The molecule has 6 rings (SSSR count). The van der Waals surface area contributed by atoms with Crippen molar-refractivity contribution in [3.63, 3.8) is 0 Å². The first-order chi connectivity index (χ1) is 19.6. The van der Waals surface area contributed by atoms with E-state index in [9.17, 15) is 9.59 Å². The molecule has 0 radical (unpaired) electrons. The molecule has 0 spiro atoms. The van der Waals surface area contributed by atoms with Gasteiger partial charge in [-0.25, -0.2) is 0 Å². The number of aromatic nitrogens is 2. The van der Waals surface area contributed by atoms with Crippen LogP contribution in [0.3, 0.4) is 0 Å². The molecule has 1 atom stereocenters. The van der Waals surface area contributed by atoms with Crippen molar-refractivity contribution in [1.82, 2.24) is 25.3 Å². The maximum atomic E-state index is 13.5. The van der Waals surface area contributed by atoms with E-state index >= 15 is 0 Å². The number of nitrogens with zero attached hydrogens (tertiary/aromatic N) is 3. The van der Waals surface area contributed by atoms with Crippen LogP contribution < -0.4 is 5.32 Å². The zero-order valence-electron chi connectivity index (χ0n) is 22.7. The van der Waals surface area contributed by atoms with Crippen LogP contribution in [0.5, 0.6) is 0 Å². The Kier molecular flexibility index (Phi) is 7.35. The van der Waals surface area contributed by atoms with Crippen LogP contribution in [0.15, 0.2) is 72.8 Å². The smallest absolute Gasteiger partial charge is 0.253 e. The fourth-order valence-electron chi connectivity index (χ4n) is 5.97. The summed E-state index contributed by atoms with van der Waals surface area (Å²) in [6.45, 7) is 3.27. The van der Waals surface area contributed by atoms with Crippen LogP contribution in [0.1, 0.15) is 40.9 Å². The van der Waals surface area contributed by atoms with Crippen molar-refractivity contribution in [2.45, 2.75) is 25.3 Å². The third kappa shape index (κ3) is 5.23. The lowest BCUT2D eigenvalue weighted by atomic mass is 9.95. The van der Waals surface area contributed by atoms with Gasteiger partial charge in [-0.15, -0.1) is 0 Å². The first-order valence-electron chi connectivity index (χ1n) is 14.0. The largest absolute Gasteiger partial charge is 0.359 e. The number of hydrogen-bond donors (Lipinski definition) is 2. The number of aromatic amines is 1. The lowest BCUT2D eigenvalue weighted by Crippen LogP contribution is -2.45. The highest BCUT2D eigenvalue weighted by atomic mass is 16.2. The number of rotatable bonds is 4. The average Bonchev–Trinajstić information content (AvgIpc) is 3.67. The number of fused-ring (bicyclic) bond motifs is 1. The van der Waals surface area contributed by atoms with Crippen molar-refractivity contribution < 1.29 is 9.59 Å². The molecule has 7 heteroatoms. The fourth-order valence-corrected chi connectivity index (χ4v) is 5.97. The van der Waals surface area contributed by atoms with Crippen molar-refractivity contribution in [3.8, 4) is 23.0 Å². The van der Waals surface area contributed by atoms with Crippen LogP contribution in [0.25, 0.3) is 22.0 Å². The van der Waals surface area contributed by atoms with Crippen LogP contribution in [-0.4, -0.2) is 71.1 Å². The molecule has 2 amide bonds. The Morgan fingerprint density at radius 2 is 1.70 bits per heavy atom. The molecule has 2 saturated heterocycles. The van der Waals surface area contributed by atoms with Crippen molar-refractivity contribution in [2.75, 3.05) is 33.2 Å². The van der Waals surface area contributed by atoms with E-state index in [0.717, 1.165) is 73.0 Å². The lowest BCUT2D eigenvalue weighted by Gasteiger charge is -2.35. The summed E-state index contributed by atoms with van der Waals surface area (Å²) in [5.41, 5.74) is 5.28. The topological polar surface area (TPSA) is 81.3 Å². The van der Waals surface area contributed by atoms with Gasteiger partial charge in [-0.3, -0.25) is 19.6 Å². The van der Waals surface area contributed by atoms with Crippen LogP contribution in [0, 0.1) is 17.8 Å². The number of benzene rings is 3. The molecule has 2 N–H and O–H groups in total. The van der Waals surface area contributed by atoms with Gasteiger partial charge in [0, 0.05) is 48.6 Å². The van der Waals surface area contributed by atoms with Crippen molar-refractivity contribution >= 4 is 22.7 Å². The second kappa shape index (κ2) is 11.4. The van der Waals surface area contributed by atoms with E-state index in [1.54, 1.807) is 7.05 Å². The fraction of sp³-hybridized carbons (Fsp3) is 0.303. The normalized spacial score (nSPS) is 17.9. The second-order valence-corrected chi connectivity index (χ2v) is 10.6. The summed E-state index contributed by atoms with van der Waals surface area (Å²) in [7, 11) is 1.70. The Hall–Kier alpha value is -4.41. The summed E-state index contributed by atoms with van der Waals surface area (Å²) in [6, 6.07) is 24.3. The summed E-state index contributed by atoms with van der Waals surface area (Å²) in [5, 5.41) is 11.1. The first kappa shape index (κ1) is 25.8. The molecule has 0 aliphatic carbocycles. The van der Waals surface area contributed by atoms with Gasteiger partial charge in [0.15, 0.2) is 0 Å². The highest BCUT2D eigenvalue weighted by Crippen LogP contribution is 2.26. The van der Waals surface area contributed by atoms with Gasteiger partial charge >= 0.3 is 0 Å². The van der Waals surface area contributed by atoms with Gasteiger partial charge in [0.1, 0.15) is 5.69 Å². The minimum atomic E-state index is 0.0409. The summed E-state index contributed by atoms with van der Waals surface area (Å²) in [4.78, 5) is 29.9. The molecule has 202 valence electrons. The van der Waals surface area contributed by atoms with Gasteiger partial charge in [-0.1, -0.05) is 54.5 Å². The quantitative estimate of drug-likeness (QED) is 0.385. The lowest BCUT2D eigenvalue weighted by molar-refractivity contribution is -0.126. The second-order valence-electron chi connectivity index (χ2n) is 10.6. The predicted molar refractivity (Wildman–Crippen MR) is 157 cm³/mol. The maximum absolute atomic E-state index is 13.5. The summed E-state index contributed by atoms with van der Waals surface area (Å²) in [6.07, 6.45) is 2.71. The van der Waals surface area contributed by atoms with E-state index in [4.69, 9.17) is 0 Å². The zero-order chi connectivity index (χ0) is 27.5. The molecule has 2 aliphatic rings. The molecule has 40 heavy (non-hydrogen) atoms. The summed E-state index contributed by atoms with van der Waals surface area (Å²) < 4.78 is 0. The van der Waals surface area contributed by atoms with E-state index in [1.807, 2.05) is 59.5 Å². The molecule has 1 aromatic heterocycles. The number of amides is 2. The zero-order valence-corrected chi connectivity index (χ0v) is 22.7. The minimum absolute atomic E-state index is 0.0409. The van der Waals surface area contributed by atoms with Gasteiger partial charge in [0.05, 0.1) is 5.52 Å². The van der Waals surface area contributed by atoms with E-state index < -0.39 is 0 Å². The molecule has 1 unspecified atom stereocenters. The van der Waals surface area contributed by atoms with E-state index in [1.165, 1.54) is 0 Å². The Morgan fingerprint density at radius 1 is 0.925 bits per heavy atom. The molecule has 7 nitrogen and oxygen atoms in total. The number of carbonyl (C=O) groups excluding carboxylic acids is 2. The third-order valence-corrected chi connectivity index (χ3v) is 8.25. The van der Waals surface area contributed by atoms with Crippen LogP contribution in [0.2, 0.25) is 0 Å². The Morgan fingerprint density at radius 3 is 2.50 bits per heavy atom. The van der Waals surface area contributed by atoms with Gasteiger partial charge in [0.2, 0.25) is 5.91 Å². The van der Waals surface area contributed by atoms with Crippen LogP contribution in [0.4, 0.5) is 0 Å². The highest BCUT2D eigenvalue weighted by molar-refractivity contribution is 5.99. The Balaban J connectivity index is 1.17. The highest BCUT2D eigenvalue weighted by Gasteiger charge is 2.34. The van der Waals surface area contributed by atoms with Gasteiger partial charge in [-0.2, -0.15) is 5.10 Å².